The van der Waals surface area contributed by atoms with E-state index in [4.69, 9.17) is 9.47 Å². The SMILES string of the molecule is COCCNC(=O)C1CC(c2ccccc2)CN(C(=O)c2ccc(OC)cc2)C1. The van der Waals surface area contributed by atoms with Gasteiger partial charge in [0.15, 0.2) is 0 Å². The number of benzene rings is 2. The summed E-state index contributed by atoms with van der Waals surface area (Å²) in [6, 6.07) is 17.2. The number of carbonyl (C=O) groups excluding carboxylic acids is 2. The number of hydrogen-bond acceptors (Lipinski definition) is 4. The van der Waals surface area contributed by atoms with Gasteiger partial charge in [-0.25, -0.2) is 0 Å². The third-order valence-electron chi connectivity index (χ3n) is 5.32. The van der Waals surface area contributed by atoms with Crippen LogP contribution in [0.5, 0.6) is 5.75 Å². The number of amides is 2. The van der Waals surface area contributed by atoms with Gasteiger partial charge in [-0.05, 0) is 36.2 Å². The molecule has 0 radical (unpaired) electrons. The van der Waals surface area contributed by atoms with Gasteiger partial charge >= 0.3 is 0 Å². The van der Waals surface area contributed by atoms with Crippen molar-refractivity contribution in [3.05, 3.63) is 65.7 Å². The Morgan fingerprint density at radius 2 is 1.76 bits per heavy atom. The van der Waals surface area contributed by atoms with Crippen molar-refractivity contribution in [3.8, 4) is 5.75 Å². The van der Waals surface area contributed by atoms with Crippen molar-refractivity contribution in [3.63, 3.8) is 0 Å². The fourth-order valence-electron chi connectivity index (χ4n) is 3.76. The third kappa shape index (κ3) is 5.35. The van der Waals surface area contributed by atoms with Crippen LogP contribution in [-0.2, 0) is 9.53 Å². The molecule has 6 nitrogen and oxygen atoms in total. The molecule has 2 atom stereocenters. The first-order valence-corrected chi connectivity index (χ1v) is 9.87. The second-order valence-corrected chi connectivity index (χ2v) is 7.26. The maximum Gasteiger partial charge on any atom is 0.253 e. The highest BCUT2D eigenvalue weighted by Gasteiger charge is 2.34. The van der Waals surface area contributed by atoms with Crippen molar-refractivity contribution in [1.82, 2.24) is 10.2 Å². The van der Waals surface area contributed by atoms with Crippen LogP contribution >= 0.6 is 0 Å². The predicted octanol–water partition coefficient (Wildman–Crippen LogP) is 2.70. The van der Waals surface area contributed by atoms with E-state index in [0.29, 0.717) is 37.6 Å². The Bertz CT molecular complexity index is 807. The average Bonchev–Trinajstić information content (AvgIpc) is 2.79. The molecule has 2 unspecified atom stereocenters. The molecule has 0 saturated carbocycles. The number of methoxy groups -OCH3 is 2. The maximum atomic E-state index is 13.1. The molecule has 0 spiro atoms. The Morgan fingerprint density at radius 1 is 1.03 bits per heavy atom. The van der Waals surface area contributed by atoms with Crippen LogP contribution in [0, 0.1) is 5.92 Å². The molecule has 2 amide bonds. The Kier molecular flexibility index (Phi) is 7.25. The number of piperidine rings is 1. The lowest BCUT2D eigenvalue weighted by Gasteiger charge is -2.37. The van der Waals surface area contributed by atoms with Crippen molar-refractivity contribution < 1.29 is 19.1 Å². The molecule has 0 aliphatic carbocycles. The van der Waals surface area contributed by atoms with E-state index >= 15 is 0 Å². The Balaban J connectivity index is 1.78. The highest BCUT2D eigenvalue weighted by molar-refractivity contribution is 5.95. The van der Waals surface area contributed by atoms with Gasteiger partial charge in [0.25, 0.3) is 5.91 Å². The van der Waals surface area contributed by atoms with Crippen molar-refractivity contribution in [2.45, 2.75) is 12.3 Å². The topological polar surface area (TPSA) is 67.9 Å². The molecule has 154 valence electrons. The van der Waals surface area contributed by atoms with Crippen LogP contribution in [0.2, 0.25) is 0 Å². The number of likely N-dealkylation sites (tertiary alicyclic amines) is 1. The minimum atomic E-state index is -0.256. The molecule has 2 aromatic rings. The van der Waals surface area contributed by atoms with E-state index in [2.05, 4.69) is 17.4 Å². The normalized spacial score (nSPS) is 18.9. The number of rotatable bonds is 7. The van der Waals surface area contributed by atoms with Gasteiger partial charge in [0.05, 0.1) is 19.6 Å². The first-order valence-electron chi connectivity index (χ1n) is 9.87. The highest BCUT2D eigenvalue weighted by Crippen LogP contribution is 2.31. The molecule has 1 saturated heterocycles. The lowest BCUT2D eigenvalue weighted by Crippen LogP contribution is -2.48. The monoisotopic (exact) mass is 396 g/mol. The van der Waals surface area contributed by atoms with Crippen molar-refractivity contribution in [1.29, 1.82) is 0 Å². The summed E-state index contributed by atoms with van der Waals surface area (Å²) in [6.45, 7) is 1.94. The zero-order valence-electron chi connectivity index (χ0n) is 17.0. The van der Waals surface area contributed by atoms with E-state index in [9.17, 15) is 9.59 Å². The summed E-state index contributed by atoms with van der Waals surface area (Å²) in [4.78, 5) is 27.7. The standard InChI is InChI=1S/C23H28N2O4/c1-28-13-12-24-22(26)20-14-19(17-6-4-3-5-7-17)15-25(16-20)23(27)18-8-10-21(29-2)11-9-18/h3-11,19-20H,12-16H2,1-2H3,(H,24,26). The lowest BCUT2D eigenvalue weighted by molar-refractivity contribution is -0.126. The number of nitrogens with zero attached hydrogens (tertiary/aromatic N) is 1. The van der Waals surface area contributed by atoms with Crippen molar-refractivity contribution in [2.24, 2.45) is 5.92 Å². The van der Waals surface area contributed by atoms with Gasteiger partial charge in [0, 0.05) is 38.2 Å². The molecule has 1 fully saturated rings. The molecule has 1 aliphatic heterocycles. The van der Waals surface area contributed by atoms with E-state index in [1.165, 1.54) is 0 Å². The Hall–Kier alpha value is -2.86. The molecular weight excluding hydrogens is 368 g/mol. The Labute approximate surface area is 171 Å². The predicted molar refractivity (Wildman–Crippen MR) is 111 cm³/mol. The van der Waals surface area contributed by atoms with Crippen LogP contribution in [0.4, 0.5) is 0 Å². The number of ether oxygens (including phenoxy) is 2. The van der Waals surface area contributed by atoms with E-state index in [0.717, 1.165) is 12.0 Å². The number of nitrogens with one attached hydrogen (secondary N) is 1. The second-order valence-electron chi connectivity index (χ2n) is 7.26. The molecule has 0 aromatic heterocycles. The summed E-state index contributed by atoms with van der Waals surface area (Å²) in [5, 5.41) is 2.92. The van der Waals surface area contributed by atoms with Crippen LogP contribution in [0.1, 0.15) is 28.3 Å². The minimum Gasteiger partial charge on any atom is -0.497 e. The van der Waals surface area contributed by atoms with Gasteiger partial charge in [0.2, 0.25) is 5.91 Å². The first kappa shape index (κ1) is 20.9. The first-order chi connectivity index (χ1) is 14.1. The highest BCUT2D eigenvalue weighted by atomic mass is 16.5. The van der Waals surface area contributed by atoms with E-state index in [-0.39, 0.29) is 23.7 Å². The fourth-order valence-corrected chi connectivity index (χ4v) is 3.76. The quantitative estimate of drug-likeness (QED) is 0.731. The molecule has 1 N–H and O–H groups in total. The summed E-state index contributed by atoms with van der Waals surface area (Å²) >= 11 is 0. The molecule has 3 rings (SSSR count). The lowest BCUT2D eigenvalue weighted by atomic mass is 9.83. The Morgan fingerprint density at radius 3 is 2.41 bits per heavy atom. The van der Waals surface area contributed by atoms with Crippen LogP contribution < -0.4 is 10.1 Å². The molecule has 1 heterocycles. The van der Waals surface area contributed by atoms with Gasteiger partial charge in [-0.3, -0.25) is 9.59 Å². The zero-order chi connectivity index (χ0) is 20.6. The van der Waals surface area contributed by atoms with Crippen LogP contribution in [0.15, 0.2) is 54.6 Å². The summed E-state index contributed by atoms with van der Waals surface area (Å²) < 4.78 is 10.2. The minimum absolute atomic E-state index is 0.0322. The molecule has 29 heavy (non-hydrogen) atoms. The average molecular weight is 396 g/mol. The molecule has 6 heteroatoms. The van der Waals surface area contributed by atoms with Crippen LogP contribution in [-0.4, -0.2) is 57.2 Å². The van der Waals surface area contributed by atoms with Crippen molar-refractivity contribution >= 4 is 11.8 Å². The smallest absolute Gasteiger partial charge is 0.253 e. The molecule has 0 bridgehead atoms. The summed E-state index contributed by atoms with van der Waals surface area (Å²) in [6.07, 6.45) is 0.717. The summed E-state index contributed by atoms with van der Waals surface area (Å²) in [5.74, 6) is 0.467. The second kappa shape index (κ2) is 10.1. The summed E-state index contributed by atoms with van der Waals surface area (Å²) in [7, 11) is 3.20. The van der Waals surface area contributed by atoms with Gasteiger partial charge in [0.1, 0.15) is 5.75 Å². The number of hydrogen-bond donors (Lipinski definition) is 1. The number of carbonyl (C=O) groups is 2. The zero-order valence-corrected chi connectivity index (χ0v) is 17.0. The fraction of sp³-hybridized carbons (Fsp3) is 0.391. The van der Waals surface area contributed by atoms with Gasteiger partial charge in [-0.15, -0.1) is 0 Å². The molecule has 2 aromatic carbocycles. The van der Waals surface area contributed by atoms with Crippen LogP contribution in [0.25, 0.3) is 0 Å². The van der Waals surface area contributed by atoms with Crippen molar-refractivity contribution in [2.75, 3.05) is 40.5 Å². The van der Waals surface area contributed by atoms with E-state index < -0.39 is 0 Å². The van der Waals surface area contributed by atoms with E-state index in [1.54, 1.807) is 43.4 Å². The molecule has 1 aliphatic rings. The van der Waals surface area contributed by atoms with E-state index in [1.807, 2.05) is 18.2 Å². The summed E-state index contributed by atoms with van der Waals surface area (Å²) in [5.41, 5.74) is 1.74. The van der Waals surface area contributed by atoms with Crippen LogP contribution in [0.3, 0.4) is 0 Å². The van der Waals surface area contributed by atoms with Gasteiger partial charge in [-0.1, -0.05) is 30.3 Å². The molecular formula is C23H28N2O4. The van der Waals surface area contributed by atoms with Gasteiger partial charge in [-0.2, -0.15) is 0 Å². The maximum absolute atomic E-state index is 13.1. The third-order valence-corrected chi connectivity index (χ3v) is 5.32. The largest absolute Gasteiger partial charge is 0.497 e. The van der Waals surface area contributed by atoms with Gasteiger partial charge < -0.3 is 19.7 Å².